The molecule has 0 aromatic heterocycles. The molecule has 2 amide bonds. The van der Waals surface area contributed by atoms with Gasteiger partial charge >= 0.3 is 0 Å². The molecule has 0 bridgehead atoms. The minimum Gasteiger partial charge on any atom is -0.497 e. The first-order valence-electron chi connectivity index (χ1n) is 6.14. The summed E-state index contributed by atoms with van der Waals surface area (Å²) in [5, 5.41) is 8.48. The van der Waals surface area contributed by atoms with Crippen LogP contribution in [0, 0.1) is 0 Å². The standard InChI is InChI=1S/C13H17N3O3/c1-19-10-4-2-9(3-5-10)16-12(17)8-11-13(18)15-7-6-14-11/h2-5,11,14H,6-8H2,1H3,(H,15,18)(H,16,17)/t11-/m0/s1. The van der Waals surface area contributed by atoms with Crippen LogP contribution in [-0.4, -0.2) is 38.1 Å². The summed E-state index contributed by atoms with van der Waals surface area (Å²) in [7, 11) is 1.58. The predicted molar refractivity (Wildman–Crippen MR) is 71.0 cm³/mol. The first-order valence-corrected chi connectivity index (χ1v) is 6.14. The van der Waals surface area contributed by atoms with Crippen molar-refractivity contribution in [2.45, 2.75) is 12.5 Å². The van der Waals surface area contributed by atoms with Crippen molar-refractivity contribution >= 4 is 17.5 Å². The van der Waals surface area contributed by atoms with E-state index in [-0.39, 0.29) is 18.2 Å². The molecule has 1 fully saturated rings. The van der Waals surface area contributed by atoms with Crippen LogP contribution in [0.25, 0.3) is 0 Å². The molecule has 0 radical (unpaired) electrons. The molecular weight excluding hydrogens is 246 g/mol. The molecule has 6 heteroatoms. The fraction of sp³-hybridized carbons (Fsp3) is 0.385. The van der Waals surface area contributed by atoms with Gasteiger partial charge in [0.1, 0.15) is 5.75 Å². The molecule has 1 aliphatic rings. The molecule has 2 rings (SSSR count). The normalized spacial score (nSPS) is 18.6. The monoisotopic (exact) mass is 263 g/mol. The van der Waals surface area contributed by atoms with Crippen molar-refractivity contribution in [2.75, 3.05) is 25.5 Å². The van der Waals surface area contributed by atoms with Gasteiger partial charge in [0.25, 0.3) is 0 Å². The van der Waals surface area contributed by atoms with Crippen LogP contribution in [0.15, 0.2) is 24.3 Å². The van der Waals surface area contributed by atoms with Gasteiger partial charge in [0.05, 0.1) is 19.6 Å². The Labute approximate surface area is 111 Å². The number of hydrogen-bond donors (Lipinski definition) is 3. The van der Waals surface area contributed by atoms with Crippen LogP contribution >= 0.6 is 0 Å². The highest BCUT2D eigenvalue weighted by molar-refractivity contribution is 5.95. The number of carbonyl (C=O) groups excluding carboxylic acids is 2. The van der Waals surface area contributed by atoms with Gasteiger partial charge in [-0.15, -0.1) is 0 Å². The van der Waals surface area contributed by atoms with Crippen LogP contribution in [0.4, 0.5) is 5.69 Å². The van der Waals surface area contributed by atoms with Gasteiger partial charge in [-0.25, -0.2) is 0 Å². The van der Waals surface area contributed by atoms with Gasteiger partial charge in [-0.3, -0.25) is 9.59 Å². The number of piperazine rings is 1. The molecule has 1 atom stereocenters. The number of benzene rings is 1. The molecule has 1 aromatic rings. The maximum Gasteiger partial charge on any atom is 0.237 e. The molecule has 1 aliphatic heterocycles. The zero-order chi connectivity index (χ0) is 13.7. The summed E-state index contributed by atoms with van der Waals surface area (Å²) < 4.78 is 5.03. The quantitative estimate of drug-likeness (QED) is 0.720. The van der Waals surface area contributed by atoms with E-state index in [1.165, 1.54) is 0 Å². The van der Waals surface area contributed by atoms with Gasteiger partial charge in [-0.1, -0.05) is 0 Å². The molecule has 0 unspecified atom stereocenters. The van der Waals surface area contributed by atoms with Crippen molar-refractivity contribution in [3.05, 3.63) is 24.3 Å². The maximum atomic E-state index is 11.8. The fourth-order valence-electron chi connectivity index (χ4n) is 1.88. The molecule has 102 valence electrons. The van der Waals surface area contributed by atoms with Gasteiger partial charge in [0, 0.05) is 18.8 Å². The first kappa shape index (κ1) is 13.4. The zero-order valence-corrected chi connectivity index (χ0v) is 10.7. The molecule has 0 saturated carbocycles. The van der Waals surface area contributed by atoms with Gasteiger partial charge < -0.3 is 20.7 Å². The Kier molecular flexibility index (Phi) is 4.35. The third kappa shape index (κ3) is 3.69. The van der Waals surface area contributed by atoms with Crippen molar-refractivity contribution < 1.29 is 14.3 Å². The van der Waals surface area contributed by atoms with Crippen LogP contribution in [0.3, 0.4) is 0 Å². The predicted octanol–water partition coefficient (Wildman–Crippen LogP) is 0.112. The van der Waals surface area contributed by atoms with E-state index in [0.717, 1.165) is 5.75 Å². The number of rotatable bonds is 4. The summed E-state index contributed by atoms with van der Waals surface area (Å²) in [5.41, 5.74) is 0.682. The maximum absolute atomic E-state index is 11.8. The van der Waals surface area contributed by atoms with Crippen molar-refractivity contribution in [2.24, 2.45) is 0 Å². The largest absolute Gasteiger partial charge is 0.497 e. The number of anilines is 1. The lowest BCUT2D eigenvalue weighted by Crippen LogP contribution is -2.53. The van der Waals surface area contributed by atoms with Gasteiger partial charge in [-0.05, 0) is 24.3 Å². The van der Waals surface area contributed by atoms with Crippen LogP contribution in [0.5, 0.6) is 5.75 Å². The van der Waals surface area contributed by atoms with Crippen molar-refractivity contribution in [1.82, 2.24) is 10.6 Å². The lowest BCUT2D eigenvalue weighted by Gasteiger charge is -2.22. The third-order valence-corrected chi connectivity index (χ3v) is 2.89. The van der Waals surface area contributed by atoms with Crippen molar-refractivity contribution in [3.63, 3.8) is 0 Å². The van der Waals surface area contributed by atoms with E-state index >= 15 is 0 Å². The summed E-state index contributed by atoms with van der Waals surface area (Å²) in [5.74, 6) is 0.405. The second-order valence-electron chi connectivity index (χ2n) is 4.28. The van der Waals surface area contributed by atoms with Crippen molar-refractivity contribution in [3.8, 4) is 5.75 Å². The second-order valence-corrected chi connectivity index (χ2v) is 4.28. The Morgan fingerprint density at radius 1 is 1.37 bits per heavy atom. The molecule has 0 spiro atoms. The summed E-state index contributed by atoms with van der Waals surface area (Å²) in [6.07, 6.45) is 0.123. The smallest absolute Gasteiger partial charge is 0.237 e. The highest BCUT2D eigenvalue weighted by atomic mass is 16.5. The summed E-state index contributed by atoms with van der Waals surface area (Å²) in [6.45, 7) is 1.29. The Bertz CT molecular complexity index is 459. The Morgan fingerprint density at radius 2 is 2.11 bits per heavy atom. The van der Waals surface area contributed by atoms with E-state index < -0.39 is 6.04 Å². The molecule has 0 aliphatic carbocycles. The molecule has 19 heavy (non-hydrogen) atoms. The number of nitrogens with one attached hydrogen (secondary N) is 3. The van der Waals surface area contributed by atoms with E-state index in [9.17, 15) is 9.59 Å². The lowest BCUT2D eigenvalue weighted by molar-refractivity contribution is -0.127. The van der Waals surface area contributed by atoms with Gasteiger partial charge in [0.15, 0.2) is 0 Å². The molecule has 1 saturated heterocycles. The summed E-state index contributed by atoms with van der Waals surface area (Å²) in [6, 6.07) is 6.59. The van der Waals surface area contributed by atoms with E-state index in [2.05, 4.69) is 16.0 Å². The van der Waals surface area contributed by atoms with Crippen LogP contribution in [0.1, 0.15) is 6.42 Å². The summed E-state index contributed by atoms with van der Waals surface area (Å²) >= 11 is 0. The Balaban J connectivity index is 1.87. The van der Waals surface area contributed by atoms with Crippen LogP contribution < -0.4 is 20.7 Å². The molecule has 1 heterocycles. The molecule has 3 N–H and O–H groups in total. The molecule has 1 aromatic carbocycles. The highest BCUT2D eigenvalue weighted by Gasteiger charge is 2.23. The highest BCUT2D eigenvalue weighted by Crippen LogP contribution is 2.15. The van der Waals surface area contributed by atoms with E-state index in [4.69, 9.17) is 4.74 Å². The van der Waals surface area contributed by atoms with Crippen LogP contribution in [-0.2, 0) is 9.59 Å². The van der Waals surface area contributed by atoms with Crippen LogP contribution in [0.2, 0.25) is 0 Å². The van der Waals surface area contributed by atoms with Gasteiger partial charge in [0.2, 0.25) is 11.8 Å². The topological polar surface area (TPSA) is 79.5 Å². The number of hydrogen-bond acceptors (Lipinski definition) is 4. The minimum absolute atomic E-state index is 0.123. The van der Waals surface area contributed by atoms with Gasteiger partial charge in [-0.2, -0.15) is 0 Å². The van der Waals surface area contributed by atoms with Crippen molar-refractivity contribution in [1.29, 1.82) is 0 Å². The van der Waals surface area contributed by atoms with E-state index in [0.29, 0.717) is 18.8 Å². The Morgan fingerprint density at radius 3 is 2.74 bits per heavy atom. The molecule has 6 nitrogen and oxygen atoms in total. The third-order valence-electron chi connectivity index (χ3n) is 2.89. The van der Waals surface area contributed by atoms with E-state index in [1.54, 1.807) is 31.4 Å². The number of ether oxygens (including phenoxy) is 1. The SMILES string of the molecule is COc1ccc(NC(=O)C[C@@H]2NCCNC2=O)cc1. The number of carbonyl (C=O) groups is 2. The first-order chi connectivity index (χ1) is 9.19. The lowest BCUT2D eigenvalue weighted by atomic mass is 10.1. The second kappa shape index (κ2) is 6.19. The zero-order valence-electron chi connectivity index (χ0n) is 10.7. The Hall–Kier alpha value is -2.08. The summed E-state index contributed by atoms with van der Waals surface area (Å²) in [4.78, 5) is 23.3. The van der Waals surface area contributed by atoms with E-state index in [1.807, 2.05) is 0 Å². The molecular formula is C13H17N3O3. The average Bonchev–Trinajstić information content (AvgIpc) is 2.42. The fourth-order valence-corrected chi connectivity index (χ4v) is 1.88. The average molecular weight is 263 g/mol. The number of amides is 2. The number of methoxy groups -OCH3 is 1. The minimum atomic E-state index is -0.452.